The molecule has 0 saturated heterocycles. The molecule has 0 aromatic heterocycles. The lowest BCUT2D eigenvalue weighted by Gasteiger charge is -2.50. The number of allylic oxidation sites excluding steroid dienone is 7. The molecule has 0 spiro atoms. The van der Waals surface area contributed by atoms with Crippen LogP contribution < -0.4 is 4.90 Å². The van der Waals surface area contributed by atoms with E-state index < -0.39 is 0 Å². The van der Waals surface area contributed by atoms with Crippen molar-refractivity contribution in [3.63, 3.8) is 0 Å². The third-order valence-corrected chi connectivity index (χ3v) is 6.81. The molecular formula is C33H33N. The zero-order valence-corrected chi connectivity index (χ0v) is 20.2. The molecule has 1 aliphatic carbocycles. The van der Waals surface area contributed by atoms with Crippen LogP contribution in [0, 0.1) is 5.92 Å². The summed E-state index contributed by atoms with van der Waals surface area (Å²) in [6.07, 6.45) is 14.7. The summed E-state index contributed by atoms with van der Waals surface area (Å²) in [4.78, 5) is 2.48. The molecule has 34 heavy (non-hydrogen) atoms. The van der Waals surface area contributed by atoms with Gasteiger partial charge in [0.05, 0.1) is 6.04 Å². The summed E-state index contributed by atoms with van der Waals surface area (Å²) >= 11 is 0. The highest BCUT2D eigenvalue weighted by Crippen LogP contribution is 2.50. The molecule has 0 amide bonds. The second-order valence-electron chi connectivity index (χ2n) is 9.35. The van der Waals surface area contributed by atoms with Crippen molar-refractivity contribution in [2.45, 2.75) is 25.3 Å². The number of anilines is 2. The fourth-order valence-corrected chi connectivity index (χ4v) is 4.86. The number of rotatable bonds is 5. The molecule has 0 fully saturated rings. The van der Waals surface area contributed by atoms with Crippen LogP contribution in [0.3, 0.4) is 0 Å². The van der Waals surface area contributed by atoms with Crippen molar-refractivity contribution in [3.05, 3.63) is 152 Å². The van der Waals surface area contributed by atoms with Crippen molar-refractivity contribution in [1.29, 1.82) is 0 Å². The second-order valence-corrected chi connectivity index (χ2v) is 9.35. The average Bonchev–Trinajstić information content (AvgIpc) is 2.86. The van der Waals surface area contributed by atoms with Crippen LogP contribution in [-0.2, 0) is 5.41 Å². The van der Waals surface area contributed by atoms with Gasteiger partial charge in [-0.15, -0.1) is 0 Å². The third kappa shape index (κ3) is 4.61. The summed E-state index contributed by atoms with van der Waals surface area (Å²) in [7, 11) is 0. The SMILES string of the molecule is C=CC(=C)C=CC(=C)c1ccccccc(N2c3ccccc3C(C)(C)C3C=CC=CC32)cc1. The maximum Gasteiger partial charge on any atom is 0.0596 e. The first-order valence-corrected chi connectivity index (χ1v) is 11.8. The van der Waals surface area contributed by atoms with Crippen molar-refractivity contribution in [3.8, 4) is 0 Å². The molecule has 0 radical (unpaired) electrons. The largest absolute Gasteiger partial charge is 0.334 e. The number of nitrogens with zero attached hydrogens (tertiary/aromatic N) is 1. The zero-order valence-electron chi connectivity index (χ0n) is 20.2. The molecule has 2 aliphatic rings. The number of fused-ring (bicyclic) bond motifs is 2. The lowest BCUT2D eigenvalue weighted by Crippen LogP contribution is -2.49. The van der Waals surface area contributed by atoms with E-state index >= 15 is 0 Å². The Morgan fingerprint density at radius 3 is 2.32 bits per heavy atom. The fraction of sp³-hybridized carbons (Fsp3) is 0.152. The van der Waals surface area contributed by atoms with Crippen LogP contribution in [0.25, 0.3) is 5.57 Å². The number of para-hydroxylation sites is 1. The molecule has 2 atom stereocenters. The van der Waals surface area contributed by atoms with E-state index in [1.807, 2.05) is 24.3 Å². The van der Waals surface area contributed by atoms with Crippen LogP contribution in [-0.4, -0.2) is 6.04 Å². The Hall–Kier alpha value is -3.84. The second kappa shape index (κ2) is 9.97. The number of benzene rings is 1. The monoisotopic (exact) mass is 443 g/mol. The Balaban J connectivity index is 1.87. The summed E-state index contributed by atoms with van der Waals surface area (Å²) in [5.41, 5.74) is 6.64. The molecule has 170 valence electrons. The first-order chi connectivity index (χ1) is 16.4. The van der Waals surface area contributed by atoms with Crippen LogP contribution in [0.15, 0.2) is 141 Å². The maximum absolute atomic E-state index is 4.28. The van der Waals surface area contributed by atoms with E-state index in [0.717, 1.165) is 22.4 Å². The van der Waals surface area contributed by atoms with Gasteiger partial charge in [-0.3, -0.25) is 0 Å². The summed E-state index contributed by atoms with van der Waals surface area (Å²) in [5, 5.41) is 0. The molecular weight excluding hydrogens is 410 g/mol. The van der Waals surface area contributed by atoms with Crippen molar-refractivity contribution in [2.75, 3.05) is 4.90 Å². The van der Waals surface area contributed by atoms with Gasteiger partial charge in [-0.25, -0.2) is 0 Å². The molecule has 1 nitrogen and oxygen atoms in total. The fourth-order valence-electron chi connectivity index (χ4n) is 4.86. The van der Waals surface area contributed by atoms with Crippen molar-refractivity contribution < 1.29 is 0 Å². The Labute approximate surface area is 204 Å². The Bertz CT molecular complexity index is 1250. The molecule has 0 bridgehead atoms. The quantitative estimate of drug-likeness (QED) is 0.418. The molecule has 0 saturated carbocycles. The van der Waals surface area contributed by atoms with E-state index in [2.05, 4.69) is 123 Å². The first-order valence-electron chi connectivity index (χ1n) is 11.8. The molecule has 1 heteroatoms. The van der Waals surface area contributed by atoms with E-state index in [0.29, 0.717) is 5.92 Å². The van der Waals surface area contributed by atoms with E-state index in [9.17, 15) is 0 Å². The highest BCUT2D eigenvalue weighted by Gasteiger charge is 2.44. The molecule has 0 N–H and O–H groups in total. The minimum atomic E-state index is 0.0373. The predicted octanol–water partition coefficient (Wildman–Crippen LogP) is 8.66. The molecule has 2 aromatic carbocycles. The molecule has 1 aliphatic heterocycles. The number of hydrogen-bond acceptors (Lipinski definition) is 1. The Morgan fingerprint density at radius 2 is 1.53 bits per heavy atom. The van der Waals surface area contributed by atoms with E-state index in [1.54, 1.807) is 6.08 Å². The summed E-state index contributed by atoms with van der Waals surface area (Å²) in [5.74, 6) is 0.374. The van der Waals surface area contributed by atoms with Gasteiger partial charge in [-0.1, -0.05) is 131 Å². The summed E-state index contributed by atoms with van der Waals surface area (Å²) < 4.78 is 0. The van der Waals surface area contributed by atoms with Gasteiger partial charge < -0.3 is 4.90 Å². The maximum atomic E-state index is 4.28. The van der Waals surface area contributed by atoms with Gasteiger partial charge in [-0.2, -0.15) is 0 Å². The minimum Gasteiger partial charge on any atom is -0.334 e. The molecule has 1 heterocycles. The van der Waals surface area contributed by atoms with Gasteiger partial charge >= 0.3 is 0 Å². The van der Waals surface area contributed by atoms with Gasteiger partial charge in [0, 0.05) is 22.7 Å². The highest BCUT2D eigenvalue weighted by molar-refractivity contribution is 5.75. The van der Waals surface area contributed by atoms with Crippen molar-refractivity contribution >= 4 is 16.9 Å². The standard InChI is InChI=1S/C33H33N/c1-6-25(2)21-22-26(3)27-15-9-7-8-10-16-28(24-23-27)34-31-19-13-11-17-29(31)33(4,5)30-18-12-14-20-32(30)34/h6-24,29,31H,1-3H2,4-5H3. The molecule has 2 unspecified atom stereocenters. The normalized spacial score (nSPS) is 19.6. The van der Waals surface area contributed by atoms with Gasteiger partial charge in [0.25, 0.3) is 0 Å². The van der Waals surface area contributed by atoms with Crippen molar-refractivity contribution in [2.24, 2.45) is 5.92 Å². The van der Waals surface area contributed by atoms with E-state index in [4.69, 9.17) is 0 Å². The predicted molar refractivity (Wildman–Crippen MR) is 149 cm³/mol. The van der Waals surface area contributed by atoms with Crippen LogP contribution in [0.5, 0.6) is 0 Å². The summed E-state index contributed by atoms with van der Waals surface area (Å²) in [6.45, 7) is 16.7. The van der Waals surface area contributed by atoms with Crippen LogP contribution in [0.4, 0.5) is 11.4 Å². The highest BCUT2D eigenvalue weighted by atomic mass is 15.2. The van der Waals surface area contributed by atoms with E-state index in [-0.39, 0.29) is 11.5 Å². The summed E-state index contributed by atoms with van der Waals surface area (Å²) in [6, 6.07) is 26.0. The lowest BCUT2D eigenvalue weighted by molar-refractivity contribution is 0.332. The van der Waals surface area contributed by atoms with Gasteiger partial charge in [0.2, 0.25) is 0 Å². The topological polar surface area (TPSA) is 3.24 Å². The smallest absolute Gasteiger partial charge is 0.0596 e. The van der Waals surface area contributed by atoms with Crippen LogP contribution in [0.2, 0.25) is 0 Å². The lowest BCUT2D eigenvalue weighted by atomic mass is 9.65. The van der Waals surface area contributed by atoms with Crippen LogP contribution in [0.1, 0.15) is 25.0 Å². The molecule has 4 rings (SSSR count). The van der Waals surface area contributed by atoms with Gasteiger partial charge in [-0.05, 0) is 40.5 Å². The van der Waals surface area contributed by atoms with Gasteiger partial charge in [0.15, 0.2) is 0 Å². The van der Waals surface area contributed by atoms with Crippen molar-refractivity contribution in [1.82, 2.24) is 0 Å². The third-order valence-electron chi connectivity index (χ3n) is 6.81. The number of hydrogen-bond donors (Lipinski definition) is 0. The Morgan fingerprint density at radius 1 is 0.824 bits per heavy atom. The Kier molecular flexibility index (Phi) is 6.84. The minimum absolute atomic E-state index is 0.0373. The van der Waals surface area contributed by atoms with Gasteiger partial charge in [0.1, 0.15) is 0 Å². The van der Waals surface area contributed by atoms with Crippen LogP contribution >= 0.6 is 0 Å². The average molecular weight is 444 g/mol. The molecule has 2 aromatic rings. The van der Waals surface area contributed by atoms with E-state index in [1.165, 1.54) is 11.3 Å². The zero-order chi connectivity index (χ0) is 24.1. The first kappa shape index (κ1) is 23.3.